The van der Waals surface area contributed by atoms with Gasteiger partial charge in [-0.1, -0.05) is 28.1 Å². The Morgan fingerprint density at radius 2 is 2.05 bits per heavy atom. The monoisotopic (exact) mass is 333 g/mol. The molecule has 0 unspecified atom stereocenters. The lowest BCUT2D eigenvalue weighted by molar-refractivity contribution is 0.109. The predicted molar refractivity (Wildman–Crippen MR) is 82.7 cm³/mol. The molecule has 2 aromatic rings. The number of aromatic nitrogens is 2. The Kier molecular flexibility index (Phi) is 3.98. The fourth-order valence-electron chi connectivity index (χ4n) is 2.27. The molecule has 5 heteroatoms. The van der Waals surface area contributed by atoms with Crippen LogP contribution in [-0.4, -0.2) is 23.1 Å². The summed E-state index contributed by atoms with van der Waals surface area (Å²) in [5, 5.41) is 3.32. The van der Waals surface area contributed by atoms with Gasteiger partial charge in [0.05, 0.1) is 18.9 Å². The van der Waals surface area contributed by atoms with E-state index < -0.39 is 0 Å². The highest BCUT2D eigenvalue weighted by Crippen LogP contribution is 2.26. The topological polar surface area (TPSA) is 47.0 Å². The summed E-state index contributed by atoms with van der Waals surface area (Å²) in [6.07, 6.45) is 0.847. The largest absolute Gasteiger partial charge is 0.376 e. The van der Waals surface area contributed by atoms with Gasteiger partial charge in [-0.25, -0.2) is 9.97 Å². The van der Waals surface area contributed by atoms with Gasteiger partial charge in [0.25, 0.3) is 0 Å². The summed E-state index contributed by atoms with van der Waals surface area (Å²) in [5.74, 6) is 1.67. The molecule has 0 amide bonds. The average Bonchev–Trinajstić information content (AvgIpc) is 2.48. The van der Waals surface area contributed by atoms with Gasteiger partial charge in [0.1, 0.15) is 5.82 Å². The minimum Gasteiger partial charge on any atom is -0.376 e. The predicted octanol–water partition coefficient (Wildman–Crippen LogP) is 3.41. The van der Waals surface area contributed by atoms with Crippen molar-refractivity contribution in [3.8, 4) is 11.4 Å². The van der Waals surface area contributed by atoms with Crippen LogP contribution in [0.15, 0.2) is 28.7 Å². The zero-order valence-electron chi connectivity index (χ0n) is 11.3. The smallest absolute Gasteiger partial charge is 0.161 e. The summed E-state index contributed by atoms with van der Waals surface area (Å²) in [5.41, 5.74) is 3.22. The molecule has 0 aliphatic carbocycles. The molecule has 3 rings (SSSR count). The second-order valence-electron chi connectivity index (χ2n) is 4.66. The summed E-state index contributed by atoms with van der Waals surface area (Å²) >= 11 is 3.45. The lowest BCUT2D eigenvalue weighted by atomic mass is 10.1. The van der Waals surface area contributed by atoms with Crippen molar-refractivity contribution in [3.05, 3.63) is 40.0 Å². The van der Waals surface area contributed by atoms with E-state index in [9.17, 15) is 0 Å². The first kappa shape index (κ1) is 13.5. The number of hydrogen-bond acceptors (Lipinski definition) is 4. The van der Waals surface area contributed by atoms with Crippen LogP contribution in [0.2, 0.25) is 0 Å². The molecule has 1 aliphatic rings. The minimum absolute atomic E-state index is 0.596. The molecule has 0 atom stereocenters. The number of ether oxygens (including phenoxy) is 1. The Labute approximate surface area is 126 Å². The van der Waals surface area contributed by atoms with E-state index in [1.54, 1.807) is 0 Å². The number of hydrogen-bond donors (Lipinski definition) is 1. The minimum atomic E-state index is 0.596. The number of rotatable bonds is 3. The van der Waals surface area contributed by atoms with E-state index in [4.69, 9.17) is 9.72 Å². The molecule has 0 spiro atoms. The standard InChI is InChI=1S/C15H16BrN3O/c1-2-17-15-12-9-20-8-7-13(12)18-14(19-15)10-3-5-11(16)6-4-10/h3-6H,2,7-9H2,1H3,(H,17,18,19). The van der Waals surface area contributed by atoms with Gasteiger partial charge >= 0.3 is 0 Å². The molecule has 1 aliphatic heterocycles. The van der Waals surface area contributed by atoms with Gasteiger partial charge in [-0.15, -0.1) is 0 Å². The summed E-state index contributed by atoms with van der Waals surface area (Å²) < 4.78 is 6.57. The second-order valence-corrected chi connectivity index (χ2v) is 5.58. The molecule has 0 radical (unpaired) electrons. The third-order valence-electron chi connectivity index (χ3n) is 3.27. The van der Waals surface area contributed by atoms with Crippen molar-refractivity contribution < 1.29 is 4.74 Å². The molecule has 1 aromatic heterocycles. The van der Waals surface area contributed by atoms with Gasteiger partial charge in [0.2, 0.25) is 0 Å². The van der Waals surface area contributed by atoms with Gasteiger partial charge in [-0.2, -0.15) is 0 Å². The van der Waals surface area contributed by atoms with Gasteiger partial charge in [-0.3, -0.25) is 0 Å². The molecule has 104 valence electrons. The van der Waals surface area contributed by atoms with Crippen LogP contribution in [0, 0.1) is 0 Å². The Balaban J connectivity index is 2.07. The van der Waals surface area contributed by atoms with Crippen LogP contribution in [0.4, 0.5) is 5.82 Å². The molecule has 0 saturated heterocycles. The summed E-state index contributed by atoms with van der Waals surface area (Å²) in [7, 11) is 0. The Morgan fingerprint density at radius 3 is 2.80 bits per heavy atom. The molecule has 0 fully saturated rings. The van der Waals surface area contributed by atoms with Crippen LogP contribution in [0.3, 0.4) is 0 Å². The lowest BCUT2D eigenvalue weighted by Gasteiger charge is -2.20. The third kappa shape index (κ3) is 2.69. The molecule has 0 bridgehead atoms. The SMILES string of the molecule is CCNc1nc(-c2ccc(Br)cc2)nc2c1COCC2. The van der Waals surface area contributed by atoms with Crippen LogP contribution in [0.25, 0.3) is 11.4 Å². The number of anilines is 1. The Bertz CT molecular complexity index is 613. The Hall–Kier alpha value is -1.46. The summed E-state index contributed by atoms with van der Waals surface area (Å²) in [6.45, 7) is 4.23. The van der Waals surface area contributed by atoms with Crippen molar-refractivity contribution in [2.45, 2.75) is 20.0 Å². The number of nitrogens with zero attached hydrogens (tertiary/aromatic N) is 2. The first-order chi connectivity index (χ1) is 9.78. The van der Waals surface area contributed by atoms with Crippen LogP contribution >= 0.6 is 15.9 Å². The zero-order chi connectivity index (χ0) is 13.9. The number of fused-ring (bicyclic) bond motifs is 1. The summed E-state index contributed by atoms with van der Waals surface area (Å²) in [6, 6.07) is 8.07. The molecular weight excluding hydrogens is 318 g/mol. The maximum Gasteiger partial charge on any atom is 0.161 e. The maximum atomic E-state index is 5.52. The fraction of sp³-hybridized carbons (Fsp3) is 0.333. The van der Waals surface area contributed by atoms with Gasteiger partial charge in [-0.05, 0) is 19.1 Å². The van der Waals surface area contributed by atoms with E-state index in [0.717, 1.165) is 52.5 Å². The highest BCUT2D eigenvalue weighted by Gasteiger charge is 2.18. The van der Waals surface area contributed by atoms with Crippen molar-refractivity contribution >= 4 is 21.7 Å². The van der Waals surface area contributed by atoms with Crippen molar-refractivity contribution in [2.75, 3.05) is 18.5 Å². The maximum absolute atomic E-state index is 5.52. The van der Waals surface area contributed by atoms with E-state index in [2.05, 4.69) is 33.2 Å². The number of benzene rings is 1. The van der Waals surface area contributed by atoms with Crippen molar-refractivity contribution in [3.63, 3.8) is 0 Å². The lowest BCUT2D eigenvalue weighted by Crippen LogP contribution is -2.17. The van der Waals surface area contributed by atoms with Crippen LogP contribution in [0.1, 0.15) is 18.2 Å². The second kappa shape index (κ2) is 5.89. The molecule has 20 heavy (non-hydrogen) atoms. The third-order valence-corrected chi connectivity index (χ3v) is 3.80. The van der Waals surface area contributed by atoms with Crippen LogP contribution < -0.4 is 5.32 Å². The van der Waals surface area contributed by atoms with Crippen molar-refractivity contribution in [1.82, 2.24) is 9.97 Å². The zero-order valence-corrected chi connectivity index (χ0v) is 12.9. The van der Waals surface area contributed by atoms with E-state index in [1.807, 2.05) is 24.3 Å². The Morgan fingerprint density at radius 1 is 1.25 bits per heavy atom. The highest BCUT2D eigenvalue weighted by molar-refractivity contribution is 9.10. The van der Waals surface area contributed by atoms with Gasteiger partial charge in [0, 0.05) is 28.6 Å². The number of halogens is 1. The first-order valence-corrected chi connectivity index (χ1v) is 7.54. The summed E-state index contributed by atoms with van der Waals surface area (Å²) in [4.78, 5) is 9.37. The van der Waals surface area contributed by atoms with Gasteiger partial charge in [0.15, 0.2) is 5.82 Å². The van der Waals surface area contributed by atoms with Crippen LogP contribution in [-0.2, 0) is 17.8 Å². The van der Waals surface area contributed by atoms with E-state index in [0.29, 0.717) is 6.61 Å². The van der Waals surface area contributed by atoms with Crippen molar-refractivity contribution in [2.24, 2.45) is 0 Å². The molecule has 2 heterocycles. The molecule has 0 saturated carbocycles. The van der Waals surface area contributed by atoms with E-state index in [1.165, 1.54) is 0 Å². The van der Waals surface area contributed by atoms with E-state index in [-0.39, 0.29) is 0 Å². The molecule has 4 nitrogen and oxygen atoms in total. The van der Waals surface area contributed by atoms with Gasteiger partial charge < -0.3 is 10.1 Å². The fourth-order valence-corrected chi connectivity index (χ4v) is 2.54. The van der Waals surface area contributed by atoms with E-state index >= 15 is 0 Å². The quantitative estimate of drug-likeness (QED) is 0.934. The average molecular weight is 334 g/mol. The molecular formula is C15H16BrN3O. The molecule has 1 aromatic carbocycles. The first-order valence-electron chi connectivity index (χ1n) is 6.75. The molecule has 1 N–H and O–H groups in total. The van der Waals surface area contributed by atoms with Crippen LogP contribution in [0.5, 0.6) is 0 Å². The van der Waals surface area contributed by atoms with Crippen molar-refractivity contribution in [1.29, 1.82) is 0 Å². The highest BCUT2D eigenvalue weighted by atomic mass is 79.9. The normalized spacial score (nSPS) is 13.9. The number of nitrogens with one attached hydrogen (secondary N) is 1.